The second-order valence-electron chi connectivity index (χ2n) is 5.99. The fraction of sp³-hybridized carbons (Fsp3) is 0.100. The molecule has 4 rings (SSSR count). The van der Waals surface area contributed by atoms with Gasteiger partial charge < -0.3 is 9.30 Å². The summed E-state index contributed by atoms with van der Waals surface area (Å²) in [5.74, 6) is 1.52. The van der Waals surface area contributed by atoms with E-state index in [-0.39, 0.29) is 0 Å². The van der Waals surface area contributed by atoms with Crippen molar-refractivity contribution in [1.29, 1.82) is 0 Å². The van der Waals surface area contributed by atoms with E-state index in [1.54, 1.807) is 18.5 Å². The zero-order chi connectivity index (χ0) is 18.1. The Morgan fingerprint density at radius 1 is 1.15 bits per heavy atom. The van der Waals surface area contributed by atoms with Gasteiger partial charge in [-0.05, 0) is 42.8 Å². The summed E-state index contributed by atoms with van der Waals surface area (Å²) < 4.78 is 7.95. The highest BCUT2D eigenvalue weighted by atomic mass is 16.5. The molecule has 4 aromatic rings. The molecular weight excluding hydrogens is 328 g/mol. The molecule has 0 bridgehead atoms. The molecule has 0 aliphatic rings. The van der Waals surface area contributed by atoms with Crippen LogP contribution in [0.25, 0.3) is 22.4 Å². The Morgan fingerprint density at radius 3 is 2.81 bits per heavy atom. The normalized spacial score (nSPS) is 10.8. The van der Waals surface area contributed by atoms with Gasteiger partial charge in [-0.25, -0.2) is 4.98 Å². The number of pyridine rings is 1. The van der Waals surface area contributed by atoms with Gasteiger partial charge in [0.15, 0.2) is 5.82 Å². The Kier molecular flexibility index (Phi) is 3.93. The van der Waals surface area contributed by atoms with Gasteiger partial charge in [-0.2, -0.15) is 4.98 Å². The number of hydrogen-bond acceptors (Lipinski definition) is 5. The van der Waals surface area contributed by atoms with E-state index >= 15 is 0 Å². The summed E-state index contributed by atoms with van der Waals surface area (Å²) in [5.41, 5.74) is 3.85. The number of carbonyl (C=O) groups excluding carboxylic acids is 1. The molecule has 0 atom stereocenters. The largest absolute Gasteiger partial charge is 0.437 e. The Balaban J connectivity index is 1.85. The summed E-state index contributed by atoms with van der Waals surface area (Å²) in [6.45, 7) is 1.88. The van der Waals surface area contributed by atoms with Gasteiger partial charge in [-0.15, -0.1) is 0 Å². The smallest absolute Gasteiger partial charge is 0.247 e. The van der Waals surface area contributed by atoms with Crippen molar-refractivity contribution in [2.75, 3.05) is 0 Å². The summed E-state index contributed by atoms with van der Waals surface area (Å²) >= 11 is 0. The minimum Gasteiger partial charge on any atom is -0.437 e. The molecule has 3 heterocycles. The molecule has 0 aliphatic carbocycles. The van der Waals surface area contributed by atoms with Crippen LogP contribution in [0.2, 0.25) is 0 Å². The van der Waals surface area contributed by atoms with Crippen LogP contribution >= 0.6 is 0 Å². The highest BCUT2D eigenvalue weighted by Crippen LogP contribution is 2.30. The summed E-state index contributed by atoms with van der Waals surface area (Å²) in [7, 11) is 1.91. The highest BCUT2D eigenvalue weighted by molar-refractivity contribution is 5.83. The van der Waals surface area contributed by atoms with E-state index in [1.165, 1.54) is 0 Å². The molecule has 0 aliphatic heterocycles. The van der Waals surface area contributed by atoms with Crippen LogP contribution in [-0.4, -0.2) is 25.8 Å². The quantitative estimate of drug-likeness (QED) is 0.524. The number of nitrogens with zero attached hydrogens (tertiary/aromatic N) is 4. The third-order valence-electron chi connectivity index (χ3n) is 4.20. The van der Waals surface area contributed by atoms with Gasteiger partial charge >= 0.3 is 0 Å². The molecule has 0 amide bonds. The summed E-state index contributed by atoms with van der Waals surface area (Å²) in [5, 5.41) is 0. The van der Waals surface area contributed by atoms with E-state index in [9.17, 15) is 4.79 Å². The van der Waals surface area contributed by atoms with E-state index in [0.29, 0.717) is 23.0 Å². The third kappa shape index (κ3) is 2.82. The predicted molar refractivity (Wildman–Crippen MR) is 98.4 cm³/mol. The molecule has 0 unspecified atom stereocenters. The molecule has 0 N–H and O–H groups in total. The molecule has 6 heteroatoms. The van der Waals surface area contributed by atoms with Crippen LogP contribution in [0, 0.1) is 6.92 Å². The first-order valence-corrected chi connectivity index (χ1v) is 8.13. The van der Waals surface area contributed by atoms with Crippen LogP contribution in [0.3, 0.4) is 0 Å². The molecule has 128 valence electrons. The molecule has 6 nitrogen and oxygen atoms in total. The number of ether oxygens (including phenoxy) is 1. The second-order valence-corrected chi connectivity index (χ2v) is 5.99. The maximum absolute atomic E-state index is 11.2. The molecule has 26 heavy (non-hydrogen) atoms. The zero-order valence-electron chi connectivity index (χ0n) is 14.4. The highest BCUT2D eigenvalue weighted by Gasteiger charge is 2.15. The van der Waals surface area contributed by atoms with Gasteiger partial charge in [0.05, 0.1) is 5.52 Å². The van der Waals surface area contributed by atoms with Crippen molar-refractivity contribution in [1.82, 2.24) is 19.5 Å². The van der Waals surface area contributed by atoms with Crippen molar-refractivity contribution in [2.24, 2.45) is 7.05 Å². The van der Waals surface area contributed by atoms with E-state index in [2.05, 4.69) is 15.0 Å². The molecule has 0 spiro atoms. The zero-order valence-corrected chi connectivity index (χ0v) is 14.4. The molecule has 0 saturated heterocycles. The first kappa shape index (κ1) is 16.0. The van der Waals surface area contributed by atoms with Gasteiger partial charge in [0.25, 0.3) is 0 Å². The van der Waals surface area contributed by atoms with Crippen molar-refractivity contribution in [3.8, 4) is 23.0 Å². The monoisotopic (exact) mass is 344 g/mol. The summed E-state index contributed by atoms with van der Waals surface area (Å²) in [4.78, 5) is 24.5. The van der Waals surface area contributed by atoms with Gasteiger partial charge in [-0.3, -0.25) is 9.78 Å². The number of carbonyl (C=O) groups is 1. The van der Waals surface area contributed by atoms with Gasteiger partial charge in [0.2, 0.25) is 5.88 Å². The average molecular weight is 344 g/mol. The SMILES string of the molecule is Cc1ccc(Oc2nc(-c3cccnc3)nc3ccn(C)c23)cc1C=O. The molecule has 0 radical (unpaired) electrons. The Hall–Kier alpha value is -3.54. The van der Waals surface area contributed by atoms with Gasteiger partial charge in [0, 0.05) is 36.8 Å². The summed E-state index contributed by atoms with van der Waals surface area (Å²) in [6, 6.07) is 11.0. The number of aldehydes is 1. The molecular formula is C20H16N4O2. The lowest BCUT2D eigenvalue weighted by Gasteiger charge is -2.10. The number of benzene rings is 1. The van der Waals surface area contributed by atoms with Crippen molar-refractivity contribution < 1.29 is 9.53 Å². The van der Waals surface area contributed by atoms with E-state index < -0.39 is 0 Å². The van der Waals surface area contributed by atoms with Crippen molar-refractivity contribution in [3.63, 3.8) is 0 Å². The fourth-order valence-electron chi connectivity index (χ4n) is 2.77. The van der Waals surface area contributed by atoms with Crippen molar-refractivity contribution in [2.45, 2.75) is 6.92 Å². The first-order valence-electron chi connectivity index (χ1n) is 8.13. The predicted octanol–water partition coefficient (Wildman–Crippen LogP) is 3.94. The molecule has 0 fully saturated rings. The number of fused-ring (bicyclic) bond motifs is 1. The van der Waals surface area contributed by atoms with E-state index in [0.717, 1.165) is 28.4 Å². The number of hydrogen-bond donors (Lipinski definition) is 0. The second kappa shape index (κ2) is 6.40. The van der Waals surface area contributed by atoms with E-state index in [4.69, 9.17) is 4.74 Å². The Morgan fingerprint density at radius 2 is 2.04 bits per heavy atom. The maximum Gasteiger partial charge on any atom is 0.247 e. The number of rotatable bonds is 4. The topological polar surface area (TPSA) is 69.9 Å². The van der Waals surface area contributed by atoms with Crippen LogP contribution in [0.1, 0.15) is 15.9 Å². The lowest BCUT2D eigenvalue weighted by Crippen LogP contribution is -1.99. The van der Waals surface area contributed by atoms with Crippen LogP contribution in [0.15, 0.2) is 55.0 Å². The standard InChI is InChI=1S/C20H16N4O2/c1-13-5-6-16(10-15(13)12-25)26-20-18-17(7-9-24(18)2)22-19(23-20)14-4-3-8-21-11-14/h3-12H,1-2H3. The summed E-state index contributed by atoms with van der Waals surface area (Å²) in [6.07, 6.45) is 6.14. The van der Waals surface area contributed by atoms with Gasteiger partial charge in [0.1, 0.15) is 17.6 Å². The Bertz CT molecular complexity index is 1100. The molecule has 0 saturated carbocycles. The van der Waals surface area contributed by atoms with Crippen LogP contribution in [-0.2, 0) is 7.05 Å². The van der Waals surface area contributed by atoms with Crippen molar-refractivity contribution >= 4 is 17.3 Å². The number of aromatic nitrogens is 4. The lowest BCUT2D eigenvalue weighted by atomic mass is 10.1. The Labute approximate surface area is 150 Å². The average Bonchev–Trinajstić information content (AvgIpc) is 3.05. The van der Waals surface area contributed by atoms with Crippen molar-refractivity contribution in [3.05, 3.63) is 66.1 Å². The first-order chi connectivity index (χ1) is 12.7. The van der Waals surface area contributed by atoms with Crippen LogP contribution in [0.5, 0.6) is 11.6 Å². The minimum absolute atomic E-state index is 0.432. The van der Waals surface area contributed by atoms with E-state index in [1.807, 2.05) is 55.1 Å². The third-order valence-corrected chi connectivity index (χ3v) is 4.20. The van der Waals surface area contributed by atoms with Crippen LogP contribution in [0.4, 0.5) is 0 Å². The number of aryl methyl sites for hydroxylation is 2. The molecule has 3 aromatic heterocycles. The lowest BCUT2D eigenvalue weighted by molar-refractivity contribution is 0.112. The van der Waals surface area contributed by atoms with Crippen LogP contribution < -0.4 is 4.74 Å². The minimum atomic E-state index is 0.432. The van der Waals surface area contributed by atoms with Gasteiger partial charge in [-0.1, -0.05) is 6.07 Å². The fourth-order valence-corrected chi connectivity index (χ4v) is 2.77. The molecule has 1 aromatic carbocycles. The maximum atomic E-state index is 11.2.